The number of nitrogens with one attached hydrogen (secondary N) is 2. The number of amides is 1. The smallest absolute Gasteiger partial charge is 0.221 e. The van der Waals surface area contributed by atoms with E-state index in [1.165, 1.54) is 25.1 Å². The van der Waals surface area contributed by atoms with Crippen LogP contribution in [0.2, 0.25) is 0 Å². The van der Waals surface area contributed by atoms with E-state index >= 15 is 4.39 Å². The number of aliphatic hydroxyl groups excluding tert-OH is 1. The number of hydrogen-bond donors (Lipinski definition) is 3. The van der Waals surface area contributed by atoms with Crippen molar-refractivity contribution in [3.8, 4) is 16.9 Å². The second-order valence-corrected chi connectivity index (χ2v) is 9.39. The Morgan fingerprint density at radius 1 is 1.03 bits per heavy atom. The molecular formula is C29H33F2N3O3. The summed E-state index contributed by atoms with van der Waals surface area (Å²) in [5.74, 6) is -0.660. The Bertz CT molecular complexity index is 1180. The van der Waals surface area contributed by atoms with E-state index in [9.17, 15) is 14.3 Å². The van der Waals surface area contributed by atoms with Crippen molar-refractivity contribution in [1.29, 1.82) is 0 Å². The predicted octanol–water partition coefficient (Wildman–Crippen LogP) is 4.58. The number of halogens is 2. The first-order valence-electron chi connectivity index (χ1n) is 12.6. The molecule has 3 aromatic rings. The molecule has 1 saturated heterocycles. The summed E-state index contributed by atoms with van der Waals surface area (Å²) in [5.41, 5.74) is 2.05. The number of aliphatic hydroxyl groups is 1. The van der Waals surface area contributed by atoms with Gasteiger partial charge in [0.2, 0.25) is 5.91 Å². The first-order valence-corrected chi connectivity index (χ1v) is 12.6. The molecule has 196 valence electrons. The van der Waals surface area contributed by atoms with E-state index in [-0.39, 0.29) is 24.0 Å². The van der Waals surface area contributed by atoms with Gasteiger partial charge in [-0.1, -0.05) is 42.5 Å². The molecule has 1 unspecified atom stereocenters. The van der Waals surface area contributed by atoms with Gasteiger partial charge in [-0.05, 0) is 55.8 Å². The third-order valence-corrected chi connectivity index (χ3v) is 6.47. The molecule has 0 bridgehead atoms. The zero-order valence-electron chi connectivity index (χ0n) is 20.9. The van der Waals surface area contributed by atoms with Crippen LogP contribution >= 0.6 is 0 Å². The molecule has 1 amide bonds. The summed E-state index contributed by atoms with van der Waals surface area (Å²) in [6.07, 6.45) is 1.18. The third-order valence-electron chi connectivity index (χ3n) is 6.47. The number of carbonyl (C=O) groups is 1. The van der Waals surface area contributed by atoms with Gasteiger partial charge in [0.05, 0.1) is 5.69 Å². The number of benzene rings is 3. The summed E-state index contributed by atoms with van der Waals surface area (Å²) in [7, 11) is 0. The summed E-state index contributed by atoms with van der Waals surface area (Å²) in [6, 6.07) is 18.8. The number of hydrogen-bond acceptors (Lipinski definition) is 5. The summed E-state index contributed by atoms with van der Waals surface area (Å²) in [6.45, 7) is 4.43. The normalized spacial score (nSPS) is 15.4. The molecule has 8 heteroatoms. The number of likely N-dealkylation sites (tertiary alicyclic amines) is 1. The van der Waals surface area contributed by atoms with Gasteiger partial charge >= 0.3 is 0 Å². The highest BCUT2D eigenvalue weighted by molar-refractivity contribution is 5.90. The quantitative estimate of drug-likeness (QED) is 0.373. The standard InChI is InChI=1S/C29H33F2N3O3/c1-20(35)33-27-7-4-6-26(29(27)31)25-5-2-3-8-28(25)37-19-24(36)17-32-23-13-15-34(16-14-23)18-21-9-11-22(30)12-10-21/h2-12,23-24,32,36H,13-19H2,1H3,(H,33,35). The topological polar surface area (TPSA) is 73.8 Å². The molecule has 0 aromatic heterocycles. The molecule has 3 N–H and O–H groups in total. The lowest BCUT2D eigenvalue weighted by Gasteiger charge is -2.33. The molecule has 1 atom stereocenters. The van der Waals surface area contributed by atoms with Crippen molar-refractivity contribution in [1.82, 2.24) is 10.2 Å². The summed E-state index contributed by atoms with van der Waals surface area (Å²) >= 11 is 0. The van der Waals surface area contributed by atoms with Gasteiger partial charge in [-0.3, -0.25) is 9.69 Å². The van der Waals surface area contributed by atoms with E-state index in [2.05, 4.69) is 15.5 Å². The number of para-hydroxylation sites is 1. The van der Waals surface area contributed by atoms with Gasteiger partial charge in [-0.25, -0.2) is 8.78 Å². The number of carbonyl (C=O) groups excluding carboxylic acids is 1. The van der Waals surface area contributed by atoms with Crippen molar-refractivity contribution < 1.29 is 23.4 Å². The van der Waals surface area contributed by atoms with Gasteiger partial charge in [-0.15, -0.1) is 0 Å². The fourth-order valence-corrected chi connectivity index (χ4v) is 4.53. The monoisotopic (exact) mass is 509 g/mol. The van der Waals surface area contributed by atoms with E-state index in [0.717, 1.165) is 38.0 Å². The van der Waals surface area contributed by atoms with Gasteiger partial charge < -0.3 is 20.5 Å². The summed E-state index contributed by atoms with van der Waals surface area (Å²) < 4.78 is 34.0. The molecule has 0 saturated carbocycles. The zero-order valence-corrected chi connectivity index (χ0v) is 20.9. The minimum atomic E-state index is -0.735. The predicted molar refractivity (Wildman–Crippen MR) is 140 cm³/mol. The maximum absolute atomic E-state index is 15.0. The van der Waals surface area contributed by atoms with Gasteiger partial charge in [-0.2, -0.15) is 0 Å². The largest absolute Gasteiger partial charge is 0.490 e. The Labute approximate surface area is 216 Å². The maximum Gasteiger partial charge on any atom is 0.221 e. The van der Waals surface area contributed by atoms with Gasteiger partial charge in [0.1, 0.15) is 24.3 Å². The minimum Gasteiger partial charge on any atom is -0.490 e. The molecule has 6 nitrogen and oxygen atoms in total. The number of nitrogens with zero attached hydrogens (tertiary/aromatic N) is 1. The van der Waals surface area contributed by atoms with Crippen LogP contribution in [0.3, 0.4) is 0 Å². The van der Waals surface area contributed by atoms with E-state index in [1.54, 1.807) is 36.4 Å². The zero-order chi connectivity index (χ0) is 26.2. The van der Waals surface area contributed by atoms with Crippen LogP contribution in [0.1, 0.15) is 25.3 Å². The number of ether oxygens (including phenoxy) is 1. The van der Waals surface area contributed by atoms with Crippen molar-refractivity contribution in [2.45, 2.75) is 38.5 Å². The Balaban J connectivity index is 1.25. The second-order valence-electron chi connectivity index (χ2n) is 9.39. The maximum atomic E-state index is 15.0. The van der Waals surface area contributed by atoms with E-state index in [1.807, 2.05) is 12.1 Å². The molecule has 1 heterocycles. The van der Waals surface area contributed by atoms with E-state index in [4.69, 9.17) is 4.74 Å². The fraction of sp³-hybridized carbons (Fsp3) is 0.345. The van der Waals surface area contributed by atoms with Crippen LogP contribution in [0.5, 0.6) is 5.75 Å². The molecule has 0 aliphatic carbocycles. The average molecular weight is 510 g/mol. The van der Waals surface area contributed by atoms with Crippen molar-refractivity contribution >= 4 is 11.6 Å². The number of rotatable bonds is 10. The first kappa shape index (κ1) is 26.7. The highest BCUT2D eigenvalue weighted by atomic mass is 19.1. The molecule has 0 spiro atoms. The molecule has 3 aromatic carbocycles. The van der Waals surface area contributed by atoms with Crippen LogP contribution < -0.4 is 15.4 Å². The first-order chi connectivity index (χ1) is 17.9. The molecule has 1 fully saturated rings. The van der Waals surface area contributed by atoms with Crippen molar-refractivity contribution in [3.05, 3.63) is 83.9 Å². The van der Waals surface area contributed by atoms with Gasteiger partial charge in [0, 0.05) is 37.2 Å². The van der Waals surface area contributed by atoms with Crippen molar-refractivity contribution in [3.63, 3.8) is 0 Å². The Morgan fingerprint density at radius 2 is 1.73 bits per heavy atom. The van der Waals surface area contributed by atoms with Crippen LogP contribution in [-0.2, 0) is 11.3 Å². The third kappa shape index (κ3) is 7.58. The lowest BCUT2D eigenvalue weighted by molar-refractivity contribution is -0.114. The molecule has 1 aliphatic rings. The second kappa shape index (κ2) is 12.8. The average Bonchev–Trinajstić information content (AvgIpc) is 2.89. The van der Waals surface area contributed by atoms with E-state index in [0.29, 0.717) is 29.5 Å². The van der Waals surface area contributed by atoms with Crippen molar-refractivity contribution in [2.75, 3.05) is 31.6 Å². The number of anilines is 1. The molecule has 1 aliphatic heterocycles. The van der Waals surface area contributed by atoms with Crippen LogP contribution in [-0.4, -0.2) is 54.3 Å². The van der Waals surface area contributed by atoms with Gasteiger partial charge in [0.15, 0.2) is 5.82 Å². The summed E-state index contributed by atoms with van der Waals surface area (Å²) in [5, 5.41) is 16.4. The lowest BCUT2D eigenvalue weighted by Crippen LogP contribution is -2.45. The Hall–Kier alpha value is -3.33. The lowest BCUT2D eigenvalue weighted by atomic mass is 10.0. The van der Waals surface area contributed by atoms with Crippen LogP contribution in [0.4, 0.5) is 14.5 Å². The highest BCUT2D eigenvalue weighted by Crippen LogP contribution is 2.34. The Morgan fingerprint density at radius 3 is 2.46 bits per heavy atom. The van der Waals surface area contributed by atoms with Gasteiger partial charge in [0.25, 0.3) is 0 Å². The van der Waals surface area contributed by atoms with Crippen molar-refractivity contribution in [2.24, 2.45) is 0 Å². The summed E-state index contributed by atoms with van der Waals surface area (Å²) in [4.78, 5) is 13.7. The molecule has 0 radical (unpaired) electrons. The van der Waals surface area contributed by atoms with Crippen LogP contribution in [0.25, 0.3) is 11.1 Å². The molecular weight excluding hydrogens is 476 g/mol. The molecule has 37 heavy (non-hydrogen) atoms. The fourth-order valence-electron chi connectivity index (χ4n) is 4.53. The minimum absolute atomic E-state index is 0.0560. The highest BCUT2D eigenvalue weighted by Gasteiger charge is 2.20. The Kier molecular flexibility index (Phi) is 9.22. The SMILES string of the molecule is CC(=O)Nc1cccc(-c2ccccc2OCC(O)CNC2CCN(Cc3ccc(F)cc3)CC2)c1F. The molecule has 4 rings (SSSR count). The van der Waals surface area contributed by atoms with E-state index < -0.39 is 11.9 Å². The van der Waals surface area contributed by atoms with Crippen LogP contribution in [0.15, 0.2) is 66.7 Å². The number of piperidine rings is 1. The van der Waals surface area contributed by atoms with Crippen LogP contribution in [0, 0.1) is 11.6 Å².